The van der Waals surface area contributed by atoms with Crippen molar-refractivity contribution in [3.63, 3.8) is 0 Å². The fourth-order valence-electron chi connectivity index (χ4n) is 3.36. The summed E-state index contributed by atoms with van der Waals surface area (Å²) >= 11 is 0. The summed E-state index contributed by atoms with van der Waals surface area (Å²) < 4.78 is 29.3. The van der Waals surface area contributed by atoms with E-state index in [1.165, 1.54) is 31.2 Å². The molecule has 1 heterocycles. The summed E-state index contributed by atoms with van der Waals surface area (Å²) in [4.78, 5) is 24.0. The molecule has 0 atom stereocenters. The first-order chi connectivity index (χ1) is 16.8. The lowest BCUT2D eigenvalue weighted by atomic mass is 10.1. The second kappa shape index (κ2) is 10.5. The largest absolute Gasteiger partial charge is 0.348 e. The van der Waals surface area contributed by atoms with Gasteiger partial charge >= 0.3 is 0 Å². The van der Waals surface area contributed by atoms with Crippen molar-refractivity contribution in [2.75, 3.05) is 0 Å². The highest BCUT2D eigenvalue weighted by molar-refractivity contribution is 7.89. The molecule has 1 aromatic heterocycles. The van der Waals surface area contributed by atoms with Gasteiger partial charge in [0.2, 0.25) is 10.0 Å². The smallest absolute Gasteiger partial charge is 0.251 e. The third-order valence-electron chi connectivity index (χ3n) is 5.36. The molecule has 0 radical (unpaired) electrons. The van der Waals surface area contributed by atoms with Crippen LogP contribution in [0.25, 0.3) is 5.69 Å². The maximum atomic E-state index is 12.5. The maximum absolute atomic E-state index is 12.5. The number of ketones is 1. The third-order valence-corrected chi connectivity index (χ3v) is 6.78. The molecule has 1 amide bonds. The molecule has 178 valence electrons. The molecule has 0 bridgehead atoms. The van der Waals surface area contributed by atoms with Crippen molar-refractivity contribution in [1.82, 2.24) is 19.8 Å². The first-order valence-electron chi connectivity index (χ1n) is 10.9. The number of sulfonamides is 1. The molecule has 0 saturated heterocycles. The highest BCUT2D eigenvalue weighted by Crippen LogP contribution is 2.13. The molecule has 2 N–H and O–H groups in total. The number of carbonyl (C=O) groups is 2. The van der Waals surface area contributed by atoms with Crippen molar-refractivity contribution in [1.29, 1.82) is 0 Å². The van der Waals surface area contributed by atoms with Crippen molar-refractivity contribution in [2.24, 2.45) is 0 Å². The number of Topliss-reactive ketones (excluding diaryl/α,β-unsaturated/α-hetero) is 1. The molecule has 0 aliphatic rings. The predicted molar refractivity (Wildman–Crippen MR) is 132 cm³/mol. The van der Waals surface area contributed by atoms with Gasteiger partial charge in [-0.25, -0.2) is 17.8 Å². The number of aromatic nitrogens is 2. The molecule has 0 aliphatic heterocycles. The van der Waals surface area contributed by atoms with Gasteiger partial charge in [-0.05, 0) is 48.9 Å². The molecule has 0 aliphatic carbocycles. The van der Waals surface area contributed by atoms with E-state index in [0.717, 1.165) is 11.3 Å². The van der Waals surface area contributed by atoms with Gasteiger partial charge in [0, 0.05) is 36.0 Å². The van der Waals surface area contributed by atoms with Crippen LogP contribution in [0.5, 0.6) is 0 Å². The molecule has 4 rings (SSSR count). The average molecular weight is 489 g/mol. The van der Waals surface area contributed by atoms with E-state index in [2.05, 4.69) is 15.1 Å². The van der Waals surface area contributed by atoms with Gasteiger partial charge in [-0.1, -0.05) is 42.5 Å². The summed E-state index contributed by atoms with van der Waals surface area (Å²) in [7, 11) is -3.73. The predicted octanol–water partition coefficient (Wildman–Crippen LogP) is 3.48. The lowest BCUT2D eigenvalue weighted by molar-refractivity contribution is 0.0950. The van der Waals surface area contributed by atoms with Gasteiger partial charge in [0.15, 0.2) is 5.78 Å². The van der Waals surface area contributed by atoms with Gasteiger partial charge in [0.1, 0.15) is 0 Å². The van der Waals surface area contributed by atoms with E-state index in [1.807, 2.05) is 36.5 Å². The van der Waals surface area contributed by atoms with Crippen LogP contribution in [0.1, 0.15) is 38.8 Å². The number of amides is 1. The van der Waals surface area contributed by atoms with Gasteiger partial charge in [0.05, 0.1) is 16.8 Å². The molecule has 0 saturated carbocycles. The lowest BCUT2D eigenvalue weighted by Gasteiger charge is -2.08. The highest BCUT2D eigenvalue weighted by Gasteiger charge is 2.14. The number of nitrogens with zero attached hydrogens (tertiary/aromatic N) is 2. The SMILES string of the molecule is CC(=O)c1ccc(S(=O)(=O)NCc2ccc(C(=O)NCc3cnn(-c4ccccc4)c3)cc2)cc1. The fraction of sp³-hybridized carbons (Fsp3) is 0.115. The number of hydrogen-bond acceptors (Lipinski definition) is 5. The van der Waals surface area contributed by atoms with Crippen LogP contribution in [0, 0.1) is 0 Å². The number of hydrogen-bond donors (Lipinski definition) is 2. The van der Waals surface area contributed by atoms with Gasteiger partial charge in [-0.3, -0.25) is 9.59 Å². The Bertz CT molecular complexity index is 1430. The van der Waals surface area contributed by atoms with Crippen LogP contribution in [-0.2, 0) is 23.1 Å². The number of para-hydroxylation sites is 1. The topological polar surface area (TPSA) is 110 Å². The van der Waals surface area contributed by atoms with E-state index in [9.17, 15) is 18.0 Å². The molecule has 0 spiro atoms. The summed E-state index contributed by atoms with van der Waals surface area (Å²) in [5.74, 6) is -0.372. The van der Waals surface area contributed by atoms with Crippen molar-refractivity contribution in [3.05, 3.63) is 114 Å². The normalized spacial score (nSPS) is 11.2. The van der Waals surface area contributed by atoms with Crippen LogP contribution in [0.15, 0.2) is 96.2 Å². The minimum absolute atomic E-state index is 0.0668. The molecule has 8 nitrogen and oxygen atoms in total. The summed E-state index contributed by atoms with van der Waals surface area (Å²) in [5.41, 5.74) is 3.42. The first-order valence-corrected chi connectivity index (χ1v) is 12.4. The zero-order chi connectivity index (χ0) is 24.8. The number of nitrogens with one attached hydrogen (secondary N) is 2. The fourth-order valence-corrected chi connectivity index (χ4v) is 4.38. The van der Waals surface area contributed by atoms with Crippen LogP contribution >= 0.6 is 0 Å². The molecule has 9 heteroatoms. The van der Waals surface area contributed by atoms with Gasteiger partial charge < -0.3 is 5.32 Å². The zero-order valence-electron chi connectivity index (χ0n) is 19.0. The maximum Gasteiger partial charge on any atom is 0.251 e. The molecule has 35 heavy (non-hydrogen) atoms. The van der Waals surface area contributed by atoms with Crippen LogP contribution < -0.4 is 10.0 Å². The van der Waals surface area contributed by atoms with E-state index >= 15 is 0 Å². The van der Waals surface area contributed by atoms with Gasteiger partial charge in [-0.2, -0.15) is 5.10 Å². The van der Waals surface area contributed by atoms with Crippen molar-refractivity contribution >= 4 is 21.7 Å². The lowest BCUT2D eigenvalue weighted by Crippen LogP contribution is -2.24. The molecular weight excluding hydrogens is 464 g/mol. The van der Waals surface area contributed by atoms with Crippen molar-refractivity contribution < 1.29 is 18.0 Å². The summed E-state index contributed by atoms with van der Waals surface area (Å²) in [5, 5.41) is 7.18. The first kappa shape index (κ1) is 24.1. The second-order valence-corrected chi connectivity index (χ2v) is 9.68. The summed E-state index contributed by atoms with van der Waals surface area (Å²) in [6.45, 7) is 1.82. The Morgan fingerprint density at radius 1 is 0.829 bits per heavy atom. The van der Waals surface area contributed by atoms with E-state index in [4.69, 9.17) is 0 Å². The zero-order valence-corrected chi connectivity index (χ0v) is 19.8. The molecule has 4 aromatic rings. The van der Waals surface area contributed by atoms with Gasteiger partial charge in [-0.15, -0.1) is 0 Å². The van der Waals surface area contributed by atoms with Crippen LogP contribution in [0.4, 0.5) is 0 Å². The summed E-state index contributed by atoms with van der Waals surface area (Å²) in [6, 6.07) is 22.1. The molecule has 0 unspecified atom stereocenters. The Labute approximate surface area is 203 Å². The monoisotopic (exact) mass is 488 g/mol. The van der Waals surface area contributed by atoms with Crippen LogP contribution in [-0.4, -0.2) is 29.9 Å². The number of rotatable bonds is 9. The van der Waals surface area contributed by atoms with Crippen LogP contribution in [0.2, 0.25) is 0 Å². The van der Waals surface area contributed by atoms with Gasteiger partial charge in [0.25, 0.3) is 5.91 Å². The summed E-state index contributed by atoms with van der Waals surface area (Å²) in [6.07, 6.45) is 3.56. The van der Waals surface area contributed by atoms with E-state index in [-0.39, 0.29) is 23.1 Å². The van der Waals surface area contributed by atoms with Crippen LogP contribution in [0.3, 0.4) is 0 Å². The molecule has 0 fully saturated rings. The van der Waals surface area contributed by atoms with E-state index in [0.29, 0.717) is 23.2 Å². The minimum atomic E-state index is -3.73. The molecule has 3 aromatic carbocycles. The highest BCUT2D eigenvalue weighted by atomic mass is 32.2. The van der Waals surface area contributed by atoms with Crippen molar-refractivity contribution in [3.8, 4) is 5.69 Å². The second-order valence-electron chi connectivity index (χ2n) is 7.91. The van der Waals surface area contributed by atoms with E-state index < -0.39 is 10.0 Å². The Morgan fingerprint density at radius 2 is 1.49 bits per heavy atom. The quantitative estimate of drug-likeness (QED) is 0.351. The third kappa shape index (κ3) is 6.08. The molecular formula is C26H24N4O4S. The van der Waals surface area contributed by atoms with Crippen molar-refractivity contribution in [2.45, 2.75) is 24.9 Å². The van der Waals surface area contributed by atoms with E-state index in [1.54, 1.807) is 35.1 Å². The Kier molecular flexibility index (Phi) is 7.19. The number of carbonyl (C=O) groups excluding carboxylic acids is 2. The Hall–Kier alpha value is -4.08. The Balaban J connectivity index is 1.31. The average Bonchev–Trinajstić information content (AvgIpc) is 3.36. The standard InChI is InChI=1S/C26H24N4O4S/c1-19(31)22-11-13-25(14-12-22)35(33,34)29-17-20-7-9-23(10-8-20)26(32)27-15-21-16-28-30(18-21)24-5-3-2-4-6-24/h2-14,16,18,29H,15,17H2,1H3,(H,27,32). The Morgan fingerprint density at radius 3 is 2.14 bits per heavy atom. The minimum Gasteiger partial charge on any atom is -0.348 e. The number of benzene rings is 3.